The zero-order valence-corrected chi connectivity index (χ0v) is 16.7. The molecule has 1 spiro atoms. The molecule has 2 fully saturated rings. The van der Waals surface area contributed by atoms with Crippen molar-refractivity contribution in [2.24, 2.45) is 16.1 Å². The van der Waals surface area contributed by atoms with Crippen LogP contribution < -0.4 is 16.0 Å². The number of nitrogens with two attached hydrogens (primary N) is 1. The van der Waals surface area contributed by atoms with Gasteiger partial charge in [0.05, 0.1) is 5.41 Å². The van der Waals surface area contributed by atoms with Crippen LogP contribution in [0.2, 0.25) is 5.02 Å². The molecule has 7 heteroatoms. The van der Waals surface area contributed by atoms with Gasteiger partial charge in [-0.1, -0.05) is 24.1 Å². The average Bonchev–Trinajstić information content (AvgIpc) is 3.16. The van der Waals surface area contributed by atoms with Gasteiger partial charge in [0.2, 0.25) is 5.91 Å². The van der Waals surface area contributed by atoms with Crippen molar-refractivity contribution in [3.05, 3.63) is 41.4 Å². The van der Waals surface area contributed by atoms with Gasteiger partial charge in [0.1, 0.15) is 11.4 Å². The Balaban J connectivity index is 1.46. The topological polar surface area (TPSA) is 87.8 Å². The molecule has 1 aliphatic carbocycles. The highest BCUT2D eigenvalue weighted by Gasteiger charge is 2.49. The molecule has 148 valence electrons. The van der Waals surface area contributed by atoms with E-state index in [1.807, 2.05) is 23.1 Å². The number of carbonyl (C=O) groups excluding carboxylic acids is 2. The molecule has 2 amide bonds. The lowest BCUT2D eigenvalue weighted by Gasteiger charge is -2.36. The summed E-state index contributed by atoms with van der Waals surface area (Å²) in [5, 5.41) is 3.69. The highest BCUT2D eigenvalue weighted by Crippen LogP contribution is 2.46. The zero-order valence-electron chi connectivity index (χ0n) is 16.0. The van der Waals surface area contributed by atoms with E-state index in [0.29, 0.717) is 23.7 Å². The number of halogens is 1. The van der Waals surface area contributed by atoms with Crippen LogP contribution in [0, 0.1) is 5.41 Å². The second-order valence-electron chi connectivity index (χ2n) is 8.29. The van der Waals surface area contributed by atoms with E-state index < -0.39 is 11.1 Å². The molecular weight excluding hydrogens is 376 g/mol. The molecule has 2 aliphatic heterocycles. The summed E-state index contributed by atoms with van der Waals surface area (Å²) in [4.78, 5) is 31.9. The number of hydrogen-bond donors (Lipinski definition) is 2. The molecule has 3 atom stereocenters. The lowest BCUT2D eigenvalue weighted by molar-refractivity contribution is -0.128. The molecule has 1 saturated heterocycles. The minimum atomic E-state index is -0.820. The maximum absolute atomic E-state index is 13.3. The van der Waals surface area contributed by atoms with E-state index in [9.17, 15) is 9.59 Å². The van der Waals surface area contributed by atoms with Crippen LogP contribution in [0.1, 0.15) is 39.0 Å². The Bertz CT molecular complexity index is 879. The van der Waals surface area contributed by atoms with Crippen molar-refractivity contribution in [2.45, 2.75) is 50.7 Å². The summed E-state index contributed by atoms with van der Waals surface area (Å²) in [6.07, 6.45) is 7.48. The summed E-state index contributed by atoms with van der Waals surface area (Å²) in [5.74, 6) is -0.0778. The van der Waals surface area contributed by atoms with E-state index in [4.69, 9.17) is 17.3 Å². The highest BCUT2D eigenvalue weighted by atomic mass is 35.5. The first kappa shape index (κ1) is 19.2. The van der Waals surface area contributed by atoms with Gasteiger partial charge in [0, 0.05) is 23.3 Å². The number of hydrogen-bond acceptors (Lipinski definition) is 4. The number of nitrogens with zero attached hydrogens (tertiary/aromatic N) is 2. The minimum Gasteiger partial charge on any atom is -0.348 e. The lowest BCUT2D eigenvalue weighted by atomic mass is 9.71. The van der Waals surface area contributed by atoms with Gasteiger partial charge in [-0.15, -0.1) is 0 Å². The fraction of sp³-hybridized carbons (Fsp3) is 0.476. The number of carbonyl (C=O) groups is 2. The SMILES string of the molecule is CC1(N)C=CC(C(=O)N[C@H]2CCC[C@]3(CCN(c4cccc(Cl)c4)C3=O)C2)=N1. The van der Waals surface area contributed by atoms with Crippen molar-refractivity contribution in [3.8, 4) is 0 Å². The van der Waals surface area contributed by atoms with Crippen LogP contribution in [0.15, 0.2) is 41.4 Å². The Morgan fingerprint density at radius 1 is 1.39 bits per heavy atom. The van der Waals surface area contributed by atoms with Gasteiger partial charge in [0.25, 0.3) is 5.91 Å². The summed E-state index contributed by atoms with van der Waals surface area (Å²) in [6.45, 7) is 2.43. The molecule has 1 saturated carbocycles. The number of nitrogens with one attached hydrogen (secondary N) is 1. The third-order valence-electron chi connectivity index (χ3n) is 5.99. The predicted octanol–water partition coefficient (Wildman–Crippen LogP) is 2.81. The highest BCUT2D eigenvalue weighted by molar-refractivity contribution is 6.44. The van der Waals surface area contributed by atoms with Gasteiger partial charge >= 0.3 is 0 Å². The fourth-order valence-corrected chi connectivity index (χ4v) is 4.77. The van der Waals surface area contributed by atoms with Crippen LogP contribution in [0.3, 0.4) is 0 Å². The quantitative estimate of drug-likeness (QED) is 0.817. The van der Waals surface area contributed by atoms with E-state index in [0.717, 1.165) is 31.4 Å². The van der Waals surface area contributed by atoms with Crippen molar-refractivity contribution in [2.75, 3.05) is 11.4 Å². The first-order valence-corrected chi connectivity index (χ1v) is 10.1. The minimum absolute atomic E-state index is 0.0368. The van der Waals surface area contributed by atoms with E-state index in [-0.39, 0.29) is 17.9 Å². The summed E-state index contributed by atoms with van der Waals surface area (Å²) in [6, 6.07) is 7.38. The molecular formula is C21H25ClN4O2. The maximum Gasteiger partial charge on any atom is 0.269 e. The van der Waals surface area contributed by atoms with Crippen molar-refractivity contribution < 1.29 is 9.59 Å². The van der Waals surface area contributed by atoms with Crippen LogP contribution in [0.5, 0.6) is 0 Å². The lowest BCUT2D eigenvalue weighted by Crippen LogP contribution is -2.47. The molecule has 1 aromatic carbocycles. The Morgan fingerprint density at radius 3 is 2.93 bits per heavy atom. The molecule has 0 bridgehead atoms. The van der Waals surface area contributed by atoms with Gasteiger partial charge in [0.15, 0.2) is 0 Å². The van der Waals surface area contributed by atoms with Gasteiger partial charge in [-0.25, -0.2) is 0 Å². The number of aliphatic imine (C=N–C) groups is 1. The first-order valence-electron chi connectivity index (χ1n) is 9.74. The van der Waals surface area contributed by atoms with Gasteiger partial charge in [-0.2, -0.15) is 0 Å². The van der Waals surface area contributed by atoms with Crippen molar-refractivity contribution >= 4 is 34.8 Å². The van der Waals surface area contributed by atoms with E-state index >= 15 is 0 Å². The van der Waals surface area contributed by atoms with Crippen LogP contribution in [0.25, 0.3) is 0 Å². The maximum atomic E-state index is 13.3. The molecule has 28 heavy (non-hydrogen) atoms. The largest absolute Gasteiger partial charge is 0.348 e. The van der Waals surface area contributed by atoms with Gasteiger partial charge in [-0.05, 0) is 63.0 Å². The molecule has 1 unspecified atom stereocenters. The summed E-state index contributed by atoms with van der Waals surface area (Å²) in [7, 11) is 0. The summed E-state index contributed by atoms with van der Waals surface area (Å²) >= 11 is 6.10. The molecule has 6 nitrogen and oxygen atoms in total. The molecule has 0 radical (unpaired) electrons. The number of amides is 2. The molecule has 2 heterocycles. The molecule has 1 aromatic rings. The molecule has 4 rings (SSSR count). The first-order chi connectivity index (χ1) is 13.3. The molecule has 3 aliphatic rings. The van der Waals surface area contributed by atoms with Crippen molar-refractivity contribution in [1.29, 1.82) is 0 Å². The third kappa shape index (κ3) is 3.59. The van der Waals surface area contributed by atoms with Gasteiger partial charge < -0.3 is 16.0 Å². The van der Waals surface area contributed by atoms with E-state index in [2.05, 4.69) is 10.3 Å². The van der Waals surface area contributed by atoms with Crippen molar-refractivity contribution in [3.63, 3.8) is 0 Å². The molecule has 0 aromatic heterocycles. The third-order valence-corrected chi connectivity index (χ3v) is 6.22. The number of benzene rings is 1. The van der Waals surface area contributed by atoms with Crippen molar-refractivity contribution in [1.82, 2.24) is 5.32 Å². The Morgan fingerprint density at radius 2 is 2.21 bits per heavy atom. The van der Waals surface area contributed by atoms with Gasteiger partial charge in [-0.3, -0.25) is 14.6 Å². The second kappa shape index (κ2) is 7.01. The second-order valence-corrected chi connectivity index (χ2v) is 8.73. The monoisotopic (exact) mass is 400 g/mol. The van der Waals surface area contributed by atoms with E-state index in [1.165, 1.54) is 0 Å². The molecule has 3 N–H and O–H groups in total. The summed E-state index contributed by atoms with van der Waals surface area (Å²) in [5.41, 5.74) is 5.88. The predicted molar refractivity (Wildman–Crippen MR) is 110 cm³/mol. The Hall–Kier alpha value is -2.18. The van der Waals surface area contributed by atoms with Crippen LogP contribution in [0.4, 0.5) is 5.69 Å². The Labute approximate surface area is 169 Å². The van der Waals surface area contributed by atoms with E-state index in [1.54, 1.807) is 25.1 Å². The fourth-order valence-electron chi connectivity index (χ4n) is 4.59. The standard InChI is InChI=1S/C21H25ClN4O2/c1-20(23)9-7-17(25-20)18(27)24-15-5-3-8-21(13-15)10-11-26(19(21)28)16-6-2-4-14(22)12-16/h2,4,6-7,9,12,15H,3,5,8,10-11,13,23H2,1H3,(H,24,27)/t15-,20?,21-/m0/s1. The Kier molecular flexibility index (Phi) is 4.79. The van der Waals surface area contributed by atoms with Crippen LogP contribution >= 0.6 is 11.6 Å². The van der Waals surface area contributed by atoms with Crippen LogP contribution in [-0.2, 0) is 9.59 Å². The zero-order chi connectivity index (χ0) is 19.9. The smallest absolute Gasteiger partial charge is 0.269 e. The number of rotatable bonds is 3. The normalized spacial score (nSPS) is 32.1. The number of anilines is 1. The summed E-state index contributed by atoms with van der Waals surface area (Å²) < 4.78 is 0. The average molecular weight is 401 g/mol. The van der Waals surface area contributed by atoms with Crippen LogP contribution in [-0.4, -0.2) is 35.8 Å².